The van der Waals surface area contributed by atoms with Crippen molar-refractivity contribution >= 4 is 45.9 Å². The minimum atomic E-state index is -0.718. The molecule has 2 aliphatic rings. The van der Waals surface area contributed by atoms with Crippen molar-refractivity contribution in [3.8, 4) is 0 Å². The number of amides is 1. The lowest BCUT2D eigenvalue weighted by Gasteiger charge is -2.31. The molecule has 0 unspecified atom stereocenters. The summed E-state index contributed by atoms with van der Waals surface area (Å²) in [6.07, 6.45) is 9.05. The Balaban J connectivity index is 1.44. The Morgan fingerprint density at radius 3 is 2.52 bits per heavy atom. The van der Waals surface area contributed by atoms with Crippen LogP contribution in [-0.2, 0) is 9.59 Å². The molecule has 2 aromatic rings. The predicted octanol–water partition coefficient (Wildman–Crippen LogP) is 5.49. The number of carbonyl (C=O) groups excluding carboxylic acids is 1. The average molecular weight is 444 g/mol. The molecule has 1 aromatic carbocycles. The minimum Gasteiger partial charge on any atom is -0.481 e. The minimum absolute atomic E-state index is 0.000192. The van der Waals surface area contributed by atoms with Crippen molar-refractivity contribution in [3.05, 3.63) is 29.3 Å². The summed E-state index contributed by atoms with van der Waals surface area (Å²) in [5.41, 5.74) is 1.39. The van der Waals surface area contributed by atoms with E-state index in [4.69, 9.17) is 16.6 Å². The number of piperidine rings is 1. The van der Waals surface area contributed by atoms with Crippen molar-refractivity contribution in [1.82, 2.24) is 4.98 Å². The molecule has 1 aromatic heterocycles. The van der Waals surface area contributed by atoms with Gasteiger partial charge in [0.15, 0.2) is 0 Å². The Hall–Kier alpha value is -2.34. The van der Waals surface area contributed by atoms with Crippen molar-refractivity contribution in [2.45, 2.75) is 57.8 Å². The first-order valence-corrected chi connectivity index (χ1v) is 11.8. The molecule has 6 nitrogen and oxygen atoms in total. The van der Waals surface area contributed by atoms with Crippen LogP contribution in [0.3, 0.4) is 0 Å². The molecular weight excluding hydrogens is 414 g/mol. The fourth-order valence-electron chi connectivity index (χ4n) is 4.84. The molecule has 7 heteroatoms. The number of benzene rings is 1. The zero-order chi connectivity index (χ0) is 21.8. The van der Waals surface area contributed by atoms with Crippen molar-refractivity contribution < 1.29 is 14.7 Å². The van der Waals surface area contributed by atoms with E-state index in [0.29, 0.717) is 49.0 Å². The van der Waals surface area contributed by atoms with Gasteiger partial charge < -0.3 is 15.3 Å². The molecule has 0 radical (unpaired) electrons. The molecule has 1 aliphatic carbocycles. The maximum atomic E-state index is 12.6. The number of rotatable bonds is 6. The fraction of sp³-hybridized carbons (Fsp3) is 0.542. The number of nitrogens with zero attached hydrogens (tertiary/aromatic N) is 2. The average Bonchev–Trinajstić information content (AvgIpc) is 2.80. The quantitative estimate of drug-likeness (QED) is 0.616. The second kappa shape index (κ2) is 9.86. The topological polar surface area (TPSA) is 82.5 Å². The van der Waals surface area contributed by atoms with Gasteiger partial charge in [-0.25, -0.2) is 4.98 Å². The van der Waals surface area contributed by atoms with Crippen LogP contribution < -0.4 is 10.2 Å². The highest BCUT2D eigenvalue weighted by atomic mass is 35.5. The van der Waals surface area contributed by atoms with Gasteiger partial charge in [-0.05, 0) is 49.4 Å². The Kier molecular flexibility index (Phi) is 6.96. The van der Waals surface area contributed by atoms with Crippen molar-refractivity contribution in [1.29, 1.82) is 0 Å². The number of hydrogen-bond donors (Lipinski definition) is 2. The van der Waals surface area contributed by atoms with E-state index in [-0.39, 0.29) is 11.8 Å². The summed E-state index contributed by atoms with van der Waals surface area (Å²) in [5, 5.41) is 13.5. The van der Waals surface area contributed by atoms with E-state index in [1.807, 2.05) is 18.2 Å². The van der Waals surface area contributed by atoms with Crippen LogP contribution in [0.5, 0.6) is 0 Å². The number of fused-ring (bicyclic) bond motifs is 1. The van der Waals surface area contributed by atoms with Gasteiger partial charge in [0, 0.05) is 24.9 Å². The van der Waals surface area contributed by atoms with Crippen LogP contribution >= 0.6 is 11.6 Å². The van der Waals surface area contributed by atoms with E-state index in [2.05, 4.69) is 10.2 Å². The summed E-state index contributed by atoms with van der Waals surface area (Å²) in [5.74, 6) is 0.501. The van der Waals surface area contributed by atoms with Gasteiger partial charge in [-0.15, -0.1) is 0 Å². The van der Waals surface area contributed by atoms with E-state index in [1.165, 1.54) is 32.1 Å². The molecular formula is C24H30ClN3O3. The number of carboxylic acid groups (broad SMARTS) is 1. The largest absolute Gasteiger partial charge is 0.481 e. The van der Waals surface area contributed by atoms with Gasteiger partial charge in [0.05, 0.1) is 22.1 Å². The van der Waals surface area contributed by atoms with Gasteiger partial charge in [-0.3, -0.25) is 9.59 Å². The van der Waals surface area contributed by atoms with Crippen LogP contribution in [0.15, 0.2) is 24.3 Å². The number of halogens is 1. The summed E-state index contributed by atoms with van der Waals surface area (Å²) in [6.45, 7) is 1.35. The Morgan fingerprint density at radius 2 is 1.81 bits per heavy atom. The van der Waals surface area contributed by atoms with Crippen LogP contribution in [0.4, 0.5) is 11.5 Å². The van der Waals surface area contributed by atoms with Gasteiger partial charge in [0.25, 0.3) is 0 Å². The molecule has 2 N–H and O–H groups in total. The van der Waals surface area contributed by atoms with E-state index >= 15 is 0 Å². The zero-order valence-electron chi connectivity index (χ0n) is 17.8. The molecule has 0 bridgehead atoms. The summed E-state index contributed by atoms with van der Waals surface area (Å²) in [7, 11) is 0. The molecule has 2 heterocycles. The molecule has 1 saturated carbocycles. The van der Waals surface area contributed by atoms with Gasteiger partial charge in [-0.2, -0.15) is 0 Å². The van der Waals surface area contributed by atoms with E-state index in [0.717, 1.165) is 23.1 Å². The molecule has 1 saturated heterocycles. The van der Waals surface area contributed by atoms with Crippen molar-refractivity contribution in [2.75, 3.05) is 23.3 Å². The second-order valence-electron chi connectivity index (χ2n) is 8.85. The summed E-state index contributed by atoms with van der Waals surface area (Å²) in [4.78, 5) is 30.7. The number of aliphatic carboxylic acids is 1. The molecule has 31 heavy (non-hydrogen) atoms. The second-order valence-corrected chi connectivity index (χ2v) is 9.26. The van der Waals surface area contributed by atoms with Gasteiger partial charge in [0.1, 0.15) is 5.82 Å². The first-order chi connectivity index (χ1) is 15.0. The lowest BCUT2D eigenvalue weighted by atomic mass is 9.86. The monoisotopic (exact) mass is 443 g/mol. The number of carbonyl (C=O) groups is 2. The SMILES string of the molecule is O=C(CCC1CCCCC1)Nc1c(Cl)ccc2nc(N3CCC(C(=O)O)CC3)ccc12. The van der Waals surface area contributed by atoms with E-state index in [9.17, 15) is 14.7 Å². The van der Waals surface area contributed by atoms with Crippen LogP contribution in [0.2, 0.25) is 5.02 Å². The van der Waals surface area contributed by atoms with Crippen molar-refractivity contribution in [3.63, 3.8) is 0 Å². The zero-order valence-corrected chi connectivity index (χ0v) is 18.5. The Labute approximate surface area is 188 Å². The first kappa shape index (κ1) is 21.9. The molecule has 1 amide bonds. The number of aromatic nitrogens is 1. The number of hydrogen-bond acceptors (Lipinski definition) is 4. The summed E-state index contributed by atoms with van der Waals surface area (Å²) < 4.78 is 0. The maximum absolute atomic E-state index is 12.6. The third kappa shape index (κ3) is 5.29. The maximum Gasteiger partial charge on any atom is 0.306 e. The molecule has 4 rings (SSSR count). The molecule has 1 aliphatic heterocycles. The third-order valence-corrected chi connectivity index (χ3v) is 7.06. The number of pyridine rings is 1. The van der Waals surface area contributed by atoms with Gasteiger partial charge in [-0.1, -0.05) is 43.7 Å². The van der Waals surface area contributed by atoms with Crippen LogP contribution in [0.25, 0.3) is 10.9 Å². The Morgan fingerprint density at radius 1 is 1.06 bits per heavy atom. The van der Waals surface area contributed by atoms with Crippen LogP contribution in [0.1, 0.15) is 57.8 Å². The van der Waals surface area contributed by atoms with E-state index < -0.39 is 5.97 Å². The van der Waals surface area contributed by atoms with Gasteiger partial charge >= 0.3 is 5.97 Å². The lowest BCUT2D eigenvalue weighted by molar-refractivity contribution is -0.142. The highest BCUT2D eigenvalue weighted by molar-refractivity contribution is 6.35. The highest BCUT2D eigenvalue weighted by Gasteiger charge is 2.25. The number of anilines is 2. The summed E-state index contributed by atoms with van der Waals surface area (Å²) >= 11 is 6.42. The molecule has 2 fully saturated rings. The fourth-order valence-corrected chi connectivity index (χ4v) is 5.05. The number of nitrogens with one attached hydrogen (secondary N) is 1. The molecule has 0 atom stereocenters. The standard InChI is InChI=1S/C24H30ClN3O3/c25-19-8-9-20-18(23(19)27-22(29)11-6-16-4-2-1-3-5-16)7-10-21(26-20)28-14-12-17(13-15-28)24(30)31/h7-10,16-17H,1-6,11-15H2,(H,27,29)(H,30,31). The molecule has 166 valence electrons. The van der Waals surface area contributed by atoms with Crippen molar-refractivity contribution in [2.24, 2.45) is 11.8 Å². The first-order valence-electron chi connectivity index (χ1n) is 11.4. The highest BCUT2D eigenvalue weighted by Crippen LogP contribution is 2.33. The summed E-state index contributed by atoms with van der Waals surface area (Å²) in [6, 6.07) is 7.51. The third-order valence-electron chi connectivity index (χ3n) is 6.74. The van der Waals surface area contributed by atoms with Crippen LogP contribution in [0, 0.1) is 11.8 Å². The van der Waals surface area contributed by atoms with Gasteiger partial charge in [0.2, 0.25) is 5.91 Å². The lowest BCUT2D eigenvalue weighted by Crippen LogP contribution is -2.36. The molecule has 0 spiro atoms. The predicted molar refractivity (Wildman–Crippen MR) is 124 cm³/mol. The smallest absolute Gasteiger partial charge is 0.306 e. The van der Waals surface area contributed by atoms with Crippen LogP contribution in [-0.4, -0.2) is 35.1 Å². The normalized spacial score (nSPS) is 18.3. The van der Waals surface area contributed by atoms with E-state index in [1.54, 1.807) is 6.07 Å². The Bertz CT molecular complexity index is 950. The number of carboxylic acids is 1.